The van der Waals surface area contributed by atoms with E-state index in [2.05, 4.69) is 152 Å². The van der Waals surface area contributed by atoms with E-state index in [-0.39, 0.29) is 7.47 Å². The maximum atomic E-state index is 3.70. The number of benzene rings is 2. The molecule has 0 amide bonds. The normalized spacial score (nSPS) is 12.3. The predicted molar refractivity (Wildman–Crippen MR) is 123 cm³/mol. The van der Waals surface area contributed by atoms with Crippen LogP contribution in [0.1, 0.15) is 11.1 Å². The Bertz CT molecular complexity index is 649. The Labute approximate surface area is 203 Å². The first-order valence-corrected chi connectivity index (χ1v) is 12.7. The molecule has 0 atom stereocenters. The smallest absolute Gasteiger partial charge is 0.0750 e. The molecule has 0 unspecified atom stereocenters. The van der Waals surface area contributed by atoms with E-state index < -0.39 is 5.41 Å². The lowest BCUT2D eigenvalue weighted by molar-refractivity contribution is 0.627. The standard InChI is InChI=1S/C15H4Br8/c16-7-1-3-9(11(18)5-7)15(13(20)21,14(22)23)10-4-2-8(17)6-12(10)19/h1-2,13-14H. The Morgan fingerprint density at radius 2 is 1.04 bits per heavy atom. The zero-order valence-corrected chi connectivity index (χ0v) is 23.5. The van der Waals surface area contributed by atoms with E-state index in [0.717, 1.165) is 29.0 Å². The highest BCUT2D eigenvalue weighted by Gasteiger charge is 2.47. The van der Waals surface area contributed by atoms with Gasteiger partial charge in [0.15, 0.2) is 0 Å². The van der Waals surface area contributed by atoms with E-state index in [9.17, 15) is 0 Å². The summed E-state index contributed by atoms with van der Waals surface area (Å²) in [5, 5.41) is 0. The monoisotopic (exact) mass is 815 g/mol. The van der Waals surface area contributed by atoms with Crippen LogP contribution in [0.3, 0.4) is 0 Å². The molecule has 0 N–H and O–H groups in total. The van der Waals surface area contributed by atoms with Crippen molar-refractivity contribution in [1.29, 1.82) is 0 Å². The fraction of sp³-hybridized carbons (Fsp3) is 0.200. The van der Waals surface area contributed by atoms with Gasteiger partial charge < -0.3 is 0 Å². The maximum absolute atomic E-state index is 3.70. The first-order chi connectivity index (χ1) is 10.7. The van der Waals surface area contributed by atoms with Crippen LogP contribution in [0.15, 0.2) is 30.0 Å². The molecule has 0 bridgehead atoms. The van der Waals surface area contributed by atoms with Crippen LogP contribution >= 0.6 is 127 Å². The third-order valence-electron chi connectivity index (χ3n) is 3.10. The summed E-state index contributed by atoms with van der Waals surface area (Å²) in [6, 6.07) is 16.8. The molecule has 120 valence electrons. The molecule has 0 aliphatic rings. The molecule has 0 fully saturated rings. The van der Waals surface area contributed by atoms with Gasteiger partial charge in [-0.3, -0.25) is 0 Å². The van der Waals surface area contributed by atoms with Crippen LogP contribution in [0.25, 0.3) is 0 Å². The Balaban J connectivity index is 2.85. The van der Waals surface area contributed by atoms with Crippen LogP contribution in [-0.2, 0) is 5.41 Å². The minimum absolute atomic E-state index is 0.129. The van der Waals surface area contributed by atoms with E-state index in [1.54, 1.807) is 0 Å². The van der Waals surface area contributed by atoms with Gasteiger partial charge in [0.05, 0.1) is 12.9 Å². The van der Waals surface area contributed by atoms with Crippen molar-refractivity contribution in [1.82, 2.24) is 0 Å². The second-order valence-electron chi connectivity index (χ2n) is 4.37. The minimum Gasteiger partial charge on any atom is -0.0750 e. The summed E-state index contributed by atoms with van der Waals surface area (Å²) in [6.07, 6.45) is 0. The van der Waals surface area contributed by atoms with Crippen molar-refractivity contribution >= 4 is 127 Å². The van der Waals surface area contributed by atoms with Crippen molar-refractivity contribution < 1.29 is 0 Å². The summed E-state index contributed by atoms with van der Waals surface area (Å²) in [6.45, 7) is 0. The van der Waals surface area contributed by atoms with Gasteiger partial charge in [0.1, 0.15) is 0 Å². The fourth-order valence-electron chi connectivity index (χ4n) is 2.06. The zero-order valence-electron chi connectivity index (χ0n) is 10.8. The largest absolute Gasteiger partial charge is 0.0855 e. The van der Waals surface area contributed by atoms with E-state index in [1.807, 2.05) is 12.1 Å². The van der Waals surface area contributed by atoms with E-state index in [1.165, 1.54) is 0 Å². The molecule has 2 aromatic carbocycles. The van der Waals surface area contributed by atoms with Crippen LogP contribution in [0.2, 0.25) is 0 Å². The lowest BCUT2D eigenvalue weighted by Gasteiger charge is -2.39. The van der Waals surface area contributed by atoms with Crippen molar-refractivity contribution in [2.45, 2.75) is 12.9 Å². The molecule has 0 saturated carbocycles. The zero-order chi connectivity index (χ0) is 17.4. The van der Waals surface area contributed by atoms with Gasteiger partial charge >= 0.3 is 0 Å². The van der Waals surface area contributed by atoms with Crippen molar-refractivity contribution in [3.05, 3.63) is 65.4 Å². The number of hydrogen-bond donors (Lipinski definition) is 0. The maximum Gasteiger partial charge on any atom is 0.0855 e. The topological polar surface area (TPSA) is 0 Å². The third kappa shape index (κ3) is 4.41. The van der Waals surface area contributed by atoms with Crippen molar-refractivity contribution in [3.63, 3.8) is 0 Å². The predicted octanol–water partition coefficient (Wildman–Crippen LogP) is 8.46. The van der Waals surface area contributed by atoms with Crippen LogP contribution < -0.4 is 0 Å². The molecule has 0 aromatic heterocycles. The van der Waals surface area contributed by atoms with E-state index >= 15 is 0 Å². The van der Waals surface area contributed by atoms with Crippen molar-refractivity contribution in [3.8, 4) is 0 Å². The number of halogens is 8. The van der Waals surface area contributed by atoms with E-state index in [0.29, 0.717) is 0 Å². The molecule has 2 rings (SSSR count). The molecule has 0 aliphatic carbocycles. The van der Waals surface area contributed by atoms with Gasteiger partial charge in [-0.2, -0.15) is 0 Å². The highest BCUT2D eigenvalue weighted by Crippen LogP contribution is 2.53. The lowest BCUT2D eigenvalue weighted by Crippen LogP contribution is -2.41. The van der Waals surface area contributed by atoms with Crippen molar-refractivity contribution in [2.75, 3.05) is 0 Å². The van der Waals surface area contributed by atoms with Gasteiger partial charge in [0, 0.05) is 30.0 Å². The molecule has 0 heterocycles. The van der Waals surface area contributed by atoms with Gasteiger partial charge in [-0.25, -0.2) is 0 Å². The van der Waals surface area contributed by atoms with Gasteiger partial charge in [0.25, 0.3) is 0 Å². The van der Waals surface area contributed by atoms with Crippen LogP contribution in [-0.4, -0.2) is 7.47 Å². The minimum atomic E-state index is -0.591. The van der Waals surface area contributed by atoms with Gasteiger partial charge in [-0.1, -0.05) is 95.6 Å². The molecule has 0 saturated heterocycles. The highest BCUT2D eigenvalue weighted by atomic mass is 79.9. The lowest BCUT2D eigenvalue weighted by atomic mass is 9.78. The van der Waals surface area contributed by atoms with Crippen LogP contribution in [0.5, 0.6) is 0 Å². The Morgan fingerprint density at radius 3 is 1.30 bits per heavy atom. The van der Waals surface area contributed by atoms with E-state index in [4.69, 9.17) is 0 Å². The van der Waals surface area contributed by atoms with Crippen molar-refractivity contribution in [2.24, 2.45) is 0 Å². The first kappa shape index (κ1) is 21.6. The SMILES string of the molecule is Brc1[c]c(Br)c(C(c2[c]cc(Br)[c]c2Br)(C(Br)Br)C(Br)Br)[c]c1. The molecule has 0 aliphatic heterocycles. The van der Waals surface area contributed by atoms with Gasteiger partial charge in [0.2, 0.25) is 0 Å². The van der Waals surface area contributed by atoms with Gasteiger partial charge in [-0.05, 0) is 67.3 Å². The summed E-state index contributed by atoms with van der Waals surface area (Å²) >= 11 is 28.9. The molecule has 23 heavy (non-hydrogen) atoms. The third-order valence-corrected chi connectivity index (χ3v) is 8.03. The average Bonchev–Trinajstić information content (AvgIpc) is 2.42. The number of hydrogen-bond acceptors (Lipinski definition) is 0. The fourth-order valence-corrected chi connectivity index (χ4v) is 8.84. The van der Waals surface area contributed by atoms with Gasteiger partial charge in [-0.15, -0.1) is 0 Å². The summed E-state index contributed by atoms with van der Waals surface area (Å²) in [7, 11) is 0. The second-order valence-corrected chi connectivity index (χ2v) is 13.8. The first-order valence-electron chi connectivity index (χ1n) is 5.86. The number of rotatable bonds is 4. The average molecular weight is 823 g/mol. The second kappa shape index (κ2) is 8.98. The molecule has 0 nitrogen and oxygen atoms in total. The molecular weight excluding hydrogens is 819 g/mol. The Kier molecular flexibility index (Phi) is 8.42. The number of alkyl halides is 4. The summed E-state index contributed by atoms with van der Waals surface area (Å²) < 4.78 is 3.01. The summed E-state index contributed by atoms with van der Waals surface area (Å²) in [5.74, 6) is 0. The summed E-state index contributed by atoms with van der Waals surface area (Å²) in [5.41, 5.74) is 1.23. The summed E-state index contributed by atoms with van der Waals surface area (Å²) in [4.78, 5) is 0. The molecule has 4 radical (unpaired) electrons. The van der Waals surface area contributed by atoms with Crippen LogP contribution in [0.4, 0.5) is 0 Å². The molecule has 8 heteroatoms. The molecular formula is C15H4Br8. The molecule has 2 aromatic rings. The molecule has 0 spiro atoms. The Morgan fingerprint density at radius 1 is 0.696 bits per heavy atom. The van der Waals surface area contributed by atoms with Crippen LogP contribution in [0, 0.1) is 24.3 Å². The Hall–Kier alpha value is 2.28. The quantitative estimate of drug-likeness (QED) is 0.272. The highest BCUT2D eigenvalue weighted by molar-refractivity contribution is 9.25.